The van der Waals surface area contributed by atoms with Gasteiger partial charge in [0.2, 0.25) is 0 Å². The summed E-state index contributed by atoms with van der Waals surface area (Å²) in [5, 5.41) is 11.0. The van der Waals surface area contributed by atoms with Gasteiger partial charge in [0, 0.05) is 44.5 Å². The molecule has 2 aromatic rings. The quantitative estimate of drug-likeness (QED) is 0.254. The molecular formula is C20H32IN5. The highest BCUT2D eigenvalue weighted by Crippen LogP contribution is 2.24. The number of aliphatic imine (C=N–C) groups is 1. The maximum absolute atomic E-state index is 4.82. The van der Waals surface area contributed by atoms with Crippen LogP contribution in [-0.2, 0) is 6.54 Å². The number of nitrogens with zero attached hydrogens (tertiary/aromatic N) is 3. The van der Waals surface area contributed by atoms with Gasteiger partial charge < -0.3 is 10.6 Å². The van der Waals surface area contributed by atoms with Gasteiger partial charge in [-0.1, -0.05) is 44.2 Å². The molecule has 2 rings (SSSR count). The fraction of sp³-hybridized carbons (Fsp3) is 0.500. The standard InChI is InChI=1S/C20H31N5.HI/c1-4-21-20(22-12-8-14-25-15-9-13-24-25)23-16-19(17(2)3)18-10-6-5-7-11-18;/h5-7,9-11,13,15,17,19H,4,8,12,14,16H2,1-3H3,(H2,21,22,23);1H. The van der Waals surface area contributed by atoms with E-state index in [0.717, 1.165) is 38.6 Å². The number of nitrogens with one attached hydrogen (secondary N) is 2. The molecule has 0 saturated carbocycles. The van der Waals surface area contributed by atoms with Crippen molar-refractivity contribution in [3.8, 4) is 0 Å². The second kappa shape index (κ2) is 12.7. The van der Waals surface area contributed by atoms with Crippen LogP contribution >= 0.6 is 24.0 Å². The first-order valence-electron chi connectivity index (χ1n) is 9.25. The van der Waals surface area contributed by atoms with Crippen molar-refractivity contribution in [2.24, 2.45) is 10.9 Å². The molecule has 0 aliphatic rings. The highest BCUT2D eigenvalue weighted by atomic mass is 127. The molecule has 0 aliphatic heterocycles. The summed E-state index contributed by atoms with van der Waals surface area (Å²) < 4.78 is 1.95. The van der Waals surface area contributed by atoms with Crippen LogP contribution in [0.5, 0.6) is 0 Å². The SMILES string of the molecule is CCNC(=NCC(c1ccccc1)C(C)C)NCCCn1cccn1.I. The summed E-state index contributed by atoms with van der Waals surface area (Å²) in [6.07, 6.45) is 4.82. The van der Waals surface area contributed by atoms with Gasteiger partial charge in [-0.15, -0.1) is 24.0 Å². The first-order valence-corrected chi connectivity index (χ1v) is 9.25. The van der Waals surface area contributed by atoms with Gasteiger partial charge in [-0.3, -0.25) is 9.67 Å². The van der Waals surface area contributed by atoms with Gasteiger partial charge in [-0.2, -0.15) is 5.10 Å². The smallest absolute Gasteiger partial charge is 0.191 e. The molecule has 1 atom stereocenters. The normalized spacial score (nSPS) is 12.5. The van der Waals surface area contributed by atoms with Gasteiger partial charge in [0.25, 0.3) is 0 Å². The largest absolute Gasteiger partial charge is 0.357 e. The molecule has 5 nitrogen and oxygen atoms in total. The number of benzene rings is 1. The lowest BCUT2D eigenvalue weighted by atomic mass is 9.88. The molecule has 144 valence electrons. The van der Waals surface area contributed by atoms with Crippen molar-refractivity contribution in [1.29, 1.82) is 0 Å². The van der Waals surface area contributed by atoms with Crippen molar-refractivity contribution in [1.82, 2.24) is 20.4 Å². The van der Waals surface area contributed by atoms with Crippen LogP contribution in [0.2, 0.25) is 0 Å². The Morgan fingerprint density at radius 1 is 1.15 bits per heavy atom. The van der Waals surface area contributed by atoms with E-state index in [2.05, 4.69) is 66.8 Å². The first kappa shape index (κ1) is 22.5. The lowest BCUT2D eigenvalue weighted by Crippen LogP contribution is -2.38. The molecule has 0 bridgehead atoms. The van der Waals surface area contributed by atoms with E-state index < -0.39 is 0 Å². The lowest BCUT2D eigenvalue weighted by molar-refractivity contribution is 0.505. The van der Waals surface area contributed by atoms with E-state index in [-0.39, 0.29) is 24.0 Å². The highest BCUT2D eigenvalue weighted by Gasteiger charge is 2.15. The third-order valence-corrected chi connectivity index (χ3v) is 4.24. The molecule has 0 spiro atoms. The van der Waals surface area contributed by atoms with Crippen molar-refractivity contribution in [3.05, 3.63) is 54.4 Å². The Balaban J connectivity index is 0.00000338. The summed E-state index contributed by atoms with van der Waals surface area (Å²) in [4.78, 5) is 4.82. The van der Waals surface area contributed by atoms with Crippen LogP contribution in [-0.4, -0.2) is 35.4 Å². The first-order chi connectivity index (χ1) is 12.2. The van der Waals surface area contributed by atoms with Gasteiger partial charge in [0.05, 0.1) is 0 Å². The maximum Gasteiger partial charge on any atom is 0.191 e. The molecule has 6 heteroatoms. The number of aromatic nitrogens is 2. The number of guanidine groups is 1. The van der Waals surface area contributed by atoms with Crippen molar-refractivity contribution in [3.63, 3.8) is 0 Å². The predicted molar refractivity (Wildman–Crippen MR) is 120 cm³/mol. The highest BCUT2D eigenvalue weighted by molar-refractivity contribution is 14.0. The van der Waals surface area contributed by atoms with Crippen molar-refractivity contribution >= 4 is 29.9 Å². The number of hydrogen-bond donors (Lipinski definition) is 2. The number of aryl methyl sites for hydroxylation is 1. The second-order valence-corrected chi connectivity index (χ2v) is 6.53. The lowest BCUT2D eigenvalue weighted by Gasteiger charge is -2.20. The minimum atomic E-state index is 0. The number of rotatable bonds is 9. The van der Waals surface area contributed by atoms with Crippen molar-refractivity contribution in [2.75, 3.05) is 19.6 Å². The average molecular weight is 469 g/mol. The Hall–Kier alpha value is -1.57. The van der Waals surface area contributed by atoms with Gasteiger partial charge in [0.1, 0.15) is 0 Å². The van der Waals surface area contributed by atoms with Crippen LogP contribution in [0.3, 0.4) is 0 Å². The molecule has 0 saturated heterocycles. The molecule has 1 heterocycles. The molecule has 26 heavy (non-hydrogen) atoms. The molecule has 1 unspecified atom stereocenters. The van der Waals surface area contributed by atoms with Gasteiger partial charge in [-0.05, 0) is 30.9 Å². The van der Waals surface area contributed by atoms with E-state index in [9.17, 15) is 0 Å². The zero-order valence-electron chi connectivity index (χ0n) is 16.1. The summed E-state index contributed by atoms with van der Waals surface area (Å²) in [5.74, 6) is 1.87. The maximum atomic E-state index is 4.82. The van der Waals surface area contributed by atoms with Crippen LogP contribution in [0.15, 0.2) is 53.8 Å². The van der Waals surface area contributed by atoms with Crippen LogP contribution < -0.4 is 10.6 Å². The number of hydrogen-bond acceptors (Lipinski definition) is 2. The average Bonchev–Trinajstić information content (AvgIpc) is 3.13. The van der Waals surface area contributed by atoms with Crippen LogP contribution in [0.1, 0.15) is 38.7 Å². The molecule has 0 fully saturated rings. The Bertz CT molecular complexity index is 610. The summed E-state index contributed by atoms with van der Waals surface area (Å²) in [7, 11) is 0. The van der Waals surface area contributed by atoms with E-state index in [1.165, 1.54) is 5.56 Å². The minimum Gasteiger partial charge on any atom is -0.357 e. The fourth-order valence-corrected chi connectivity index (χ4v) is 2.81. The third kappa shape index (κ3) is 7.76. The third-order valence-electron chi connectivity index (χ3n) is 4.24. The second-order valence-electron chi connectivity index (χ2n) is 6.53. The van der Waals surface area contributed by atoms with E-state index >= 15 is 0 Å². The summed E-state index contributed by atoms with van der Waals surface area (Å²) in [6, 6.07) is 12.6. The van der Waals surface area contributed by atoms with Crippen LogP contribution in [0.4, 0.5) is 0 Å². The Kier molecular flexibility index (Phi) is 11.0. The molecular weight excluding hydrogens is 437 g/mol. The zero-order chi connectivity index (χ0) is 17.9. The van der Waals surface area contributed by atoms with Gasteiger partial charge in [-0.25, -0.2) is 0 Å². The van der Waals surface area contributed by atoms with E-state index in [0.29, 0.717) is 11.8 Å². The Labute approximate surface area is 174 Å². The molecule has 1 aromatic carbocycles. The van der Waals surface area contributed by atoms with E-state index in [1.807, 2.05) is 23.1 Å². The number of halogens is 1. The minimum absolute atomic E-state index is 0. The topological polar surface area (TPSA) is 54.2 Å². The van der Waals surface area contributed by atoms with Gasteiger partial charge in [0.15, 0.2) is 5.96 Å². The molecule has 2 N–H and O–H groups in total. The predicted octanol–water partition coefficient (Wildman–Crippen LogP) is 3.89. The Morgan fingerprint density at radius 3 is 2.54 bits per heavy atom. The summed E-state index contributed by atoms with van der Waals surface area (Å²) >= 11 is 0. The van der Waals surface area contributed by atoms with Crippen LogP contribution in [0, 0.1) is 5.92 Å². The molecule has 0 amide bonds. The fourth-order valence-electron chi connectivity index (χ4n) is 2.81. The van der Waals surface area contributed by atoms with Crippen molar-refractivity contribution < 1.29 is 0 Å². The van der Waals surface area contributed by atoms with Crippen LogP contribution in [0.25, 0.3) is 0 Å². The van der Waals surface area contributed by atoms with E-state index in [4.69, 9.17) is 4.99 Å². The van der Waals surface area contributed by atoms with Crippen molar-refractivity contribution in [2.45, 2.75) is 39.7 Å². The molecule has 1 aromatic heterocycles. The monoisotopic (exact) mass is 469 g/mol. The van der Waals surface area contributed by atoms with E-state index in [1.54, 1.807) is 0 Å². The summed E-state index contributed by atoms with van der Waals surface area (Å²) in [6.45, 7) is 10.1. The Morgan fingerprint density at radius 2 is 1.92 bits per heavy atom. The van der Waals surface area contributed by atoms with Gasteiger partial charge >= 0.3 is 0 Å². The molecule has 0 radical (unpaired) electrons. The molecule has 0 aliphatic carbocycles. The summed E-state index contributed by atoms with van der Waals surface area (Å²) in [5.41, 5.74) is 1.36. The zero-order valence-corrected chi connectivity index (χ0v) is 18.4.